The Labute approximate surface area is 135 Å². The Morgan fingerprint density at radius 3 is 2.61 bits per heavy atom. The highest BCUT2D eigenvalue weighted by Gasteiger charge is 2.32. The van der Waals surface area contributed by atoms with Gasteiger partial charge in [0.1, 0.15) is 6.04 Å². The van der Waals surface area contributed by atoms with E-state index in [0.29, 0.717) is 19.4 Å². The maximum absolute atomic E-state index is 12.6. The first kappa shape index (κ1) is 17.0. The van der Waals surface area contributed by atoms with Gasteiger partial charge in [-0.05, 0) is 24.8 Å². The number of carboxylic acid groups (broad SMARTS) is 1. The highest BCUT2D eigenvalue weighted by Crippen LogP contribution is 2.25. The molecule has 0 bridgehead atoms. The Balaban J connectivity index is 2.08. The average Bonchev–Trinajstić information content (AvgIpc) is 2.54. The van der Waals surface area contributed by atoms with Crippen LogP contribution in [0.15, 0.2) is 30.3 Å². The van der Waals surface area contributed by atoms with Gasteiger partial charge in [-0.3, -0.25) is 14.4 Å². The molecule has 6 heteroatoms. The molecule has 1 aromatic rings. The van der Waals surface area contributed by atoms with Gasteiger partial charge in [-0.2, -0.15) is 0 Å². The Morgan fingerprint density at radius 2 is 1.96 bits per heavy atom. The number of likely N-dealkylation sites (tertiary alicyclic amines) is 1. The summed E-state index contributed by atoms with van der Waals surface area (Å²) in [4.78, 5) is 36.9. The topological polar surface area (TPSA) is 86.7 Å². The van der Waals surface area contributed by atoms with Crippen molar-refractivity contribution in [2.24, 2.45) is 0 Å². The van der Waals surface area contributed by atoms with Crippen molar-refractivity contribution >= 4 is 17.8 Å². The molecule has 2 amide bonds. The fourth-order valence-electron chi connectivity index (χ4n) is 2.76. The number of hydrogen-bond donors (Lipinski definition) is 2. The number of nitrogens with zero attached hydrogens (tertiary/aromatic N) is 1. The van der Waals surface area contributed by atoms with Crippen LogP contribution in [0.1, 0.15) is 43.7 Å². The van der Waals surface area contributed by atoms with E-state index in [4.69, 9.17) is 5.11 Å². The van der Waals surface area contributed by atoms with E-state index in [1.165, 1.54) is 0 Å². The summed E-state index contributed by atoms with van der Waals surface area (Å²) in [5, 5.41) is 11.4. The first-order valence-corrected chi connectivity index (χ1v) is 7.93. The monoisotopic (exact) mass is 318 g/mol. The summed E-state index contributed by atoms with van der Waals surface area (Å²) >= 11 is 0. The lowest BCUT2D eigenvalue weighted by atomic mass is 10.0. The molecule has 1 aromatic carbocycles. The average molecular weight is 318 g/mol. The predicted octanol–water partition coefficient (Wildman–Crippen LogP) is 1.72. The van der Waals surface area contributed by atoms with E-state index in [2.05, 4.69) is 5.32 Å². The zero-order valence-electron chi connectivity index (χ0n) is 13.0. The first-order valence-electron chi connectivity index (χ1n) is 7.93. The number of piperidine rings is 1. The van der Waals surface area contributed by atoms with Gasteiger partial charge in [0.2, 0.25) is 11.8 Å². The minimum absolute atomic E-state index is 0.00853. The molecule has 6 nitrogen and oxygen atoms in total. The van der Waals surface area contributed by atoms with Crippen molar-refractivity contribution < 1.29 is 19.5 Å². The lowest BCUT2D eigenvalue weighted by molar-refractivity contribution is -0.142. The smallest absolute Gasteiger partial charge is 0.303 e. The fraction of sp³-hybridized carbons (Fsp3) is 0.471. The van der Waals surface area contributed by atoms with E-state index in [0.717, 1.165) is 18.4 Å². The number of nitrogens with one attached hydrogen (secondary N) is 1. The van der Waals surface area contributed by atoms with Gasteiger partial charge in [0.05, 0.1) is 0 Å². The van der Waals surface area contributed by atoms with Crippen LogP contribution in [0.3, 0.4) is 0 Å². The lowest BCUT2D eigenvalue weighted by Gasteiger charge is -2.34. The van der Waals surface area contributed by atoms with Crippen LogP contribution < -0.4 is 5.32 Å². The Bertz CT molecular complexity index is 559. The van der Waals surface area contributed by atoms with Gasteiger partial charge in [-0.1, -0.05) is 30.3 Å². The normalized spacial score (nSPS) is 16.0. The lowest BCUT2D eigenvalue weighted by Crippen LogP contribution is -2.45. The zero-order valence-corrected chi connectivity index (χ0v) is 13.0. The number of benzene rings is 1. The molecule has 1 aliphatic rings. The largest absolute Gasteiger partial charge is 0.481 e. The summed E-state index contributed by atoms with van der Waals surface area (Å²) in [7, 11) is 0. The second-order valence-electron chi connectivity index (χ2n) is 5.65. The van der Waals surface area contributed by atoms with E-state index in [-0.39, 0.29) is 24.8 Å². The summed E-state index contributed by atoms with van der Waals surface area (Å²) in [5.74, 6) is -1.15. The number of carboxylic acids is 1. The molecular formula is C17H22N2O4. The van der Waals surface area contributed by atoms with Crippen molar-refractivity contribution in [1.82, 2.24) is 10.2 Å². The number of hydrogen-bond acceptors (Lipinski definition) is 3. The highest BCUT2D eigenvalue weighted by molar-refractivity contribution is 5.89. The molecule has 23 heavy (non-hydrogen) atoms. The van der Waals surface area contributed by atoms with Gasteiger partial charge in [0.25, 0.3) is 0 Å². The van der Waals surface area contributed by atoms with Crippen molar-refractivity contribution in [3.05, 3.63) is 35.9 Å². The third kappa shape index (κ3) is 4.81. The van der Waals surface area contributed by atoms with Gasteiger partial charge in [-0.25, -0.2) is 0 Å². The standard InChI is InChI=1S/C17H22N2O4/c20-14-9-4-5-12-19(14)16(13-7-2-1-3-8-13)17(23)18-11-6-10-15(21)22/h1-3,7-8,16H,4-6,9-12H2,(H,18,23)(H,21,22). The molecule has 1 saturated heterocycles. The summed E-state index contributed by atoms with van der Waals surface area (Å²) in [5.41, 5.74) is 0.776. The van der Waals surface area contributed by atoms with Crippen LogP contribution in [0.25, 0.3) is 0 Å². The van der Waals surface area contributed by atoms with E-state index < -0.39 is 12.0 Å². The van der Waals surface area contributed by atoms with Crippen LogP contribution in [0.5, 0.6) is 0 Å². The van der Waals surface area contributed by atoms with E-state index >= 15 is 0 Å². The number of aliphatic carboxylic acids is 1. The molecule has 2 rings (SSSR count). The Kier molecular flexibility index (Phi) is 6.14. The van der Waals surface area contributed by atoms with Crippen molar-refractivity contribution in [2.75, 3.05) is 13.1 Å². The van der Waals surface area contributed by atoms with Crippen LogP contribution in [0, 0.1) is 0 Å². The van der Waals surface area contributed by atoms with Crippen LogP contribution >= 0.6 is 0 Å². The molecule has 1 heterocycles. The van der Waals surface area contributed by atoms with Crippen molar-refractivity contribution in [3.8, 4) is 0 Å². The summed E-state index contributed by atoms with van der Waals surface area (Å²) in [6, 6.07) is 8.58. The molecule has 1 atom stereocenters. The molecule has 0 aliphatic carbocycles. The molecule has 0 radical (unpaired) electrons. The van der Waals surface area contributed by atoms with Gasteiger partial charge in [0.15, 0.2) is 0 Å². The van der Waals surface area contributed by atoms with Crippen LogP contribution in [-0.2, 0) is 14.4 Å². The zero-order chi connectivity index (χ0) is 16.7. The molecule has 1 fully saturated rings. The third-order valence-electron chi connectivity index (χ3n) is 3.90. The van der Waals surface area contributed by atoms with Crippen LogP contribution in [-0.4, -0.2) is 40.9 Å². The summed E-state index contributed by atoms with van der Waals surface area (Å²) in [6.07, 6.45) is 2.60. The van der Waals surface area contributed by atoms with Gasteiger partial charge in [0, 0.05) is 25.9 Å². The third-order valence-corrected chi connectivity index (χ3v) is 3.90. The molecule has 1 aliphatic heterocycles. The quantitative estimate of drug-likeness (QED) is 0.750. The maximum Gasteiger partial charge on any atom is 0.303 e. The van der Waals surface area contributed by atoms with Gasteiger partial charge >= 0.3 is 5.97 Å². The number of amides is 2. The van der Waals surface area contributed by atoms with E-state index in [1.807, 2.05) is 30.3 Å². The second kappa shape index (κ2) is 8.31. The van der Waals surface area contributed by atoms with Crippen molar-refractivity contribution in [2.45, 2.75) is 38.1 Å². The second-order valence-corrected chi connectivity index (χ2v) is 5.65. The summed E-state index contributed by atoms with van der Waals surface area (Å²) in [6.45, 7) is 0.859. The SMILES string of the molecule is O=C(O)CCCNC(=O)C(c1ccccc1)N1CCCCC1=O. The van der Waals surface area contributed by atoms with Crippen LogP contribution in [0.2, 0.25) is 0 Å². The molecule has 0 spiro atoms. The molecule has 0 aromatic heterocycles. The van der Waals surface area contributed by atoms with Crippen LogP contribution in [0.4, 0.5) is 0 Å². The van der Waals surface area contributed by atoms with Gasteiger partial charge in [-0.15, -0.1) is 0 Å². The summed E-state index contributed by atoms with van der Waals surface area (Å²) < 4.78 is 0. The molecule has 2 N–H and O–H groups in total. The molecule has 124 valence electrons. The highest BCUT2D eigenvalue weighted by atomic mass is 16.4. The first-order chi connectivity index (χ1) is 11.1. The fourth-order valence-corrected chi connectivity index (χ4v) is 2.76. The maximum atomic E-state index is 12.6. The van der Waals surface area contributed by atoms with E-state index in [9.17, 15) is 14.4 Å². The minimum atomic E-state index is -0.884. The molecule has 1 unspecified atom stereocenters. The molecular weight excluding hydrogens is 296 g/mol. The van der Waals surface area contributed by atoms with Crippen molar-refractivity contribution in [3.63, 3.8) is 0 Å². The predicted molar refractivity (Wildman–Crippen MR) is 84.6 cm³/mol. The minimum Gasteiger partial charge on any atom is -0.481 e. The van der Waals surface area contributed by atoms with Gasteiger partial charge < -0.3 is 15.3 Å². The molecule has 0 saturated carbocycles. The number of rotatable bonds is 7. The van der Waals surface area contributed by atoms with E-state index in [1.54, 1.807) is 4.90 Å². The number of carbonyl (C=O) groups excluding carboxylic acids is 2. The Morgan fingerprint density at radius 1 is 1.22 bits per heavy atom. The Hall–Kier alpha value is -2.37. The number of carbonyl (C=O) groups is 3. The van der Waals surface area contributed by atoms with Crippen molar-refractivity contribution in [1.29, 1.82) is 0 Å².